The first-order valence-electron chi connectivity index (χ1n) is 6.19. The maximum absolute atomic E-state index is 11.0. The van der Waals surface area contributed by atoms with Gasteiger partial charge in [0.1, 0.15) is 0 Å². The number of hydrogen-bond acceptors (Lipinski definition) is 5. The van der Waals surface area contributed by atoms with Gasteiger partial charge in [0.05, 0.1) is 23.3 Å². The topological polar surface area (TPSA) is 88.0 Å². The highest BCUT2D eigenvalue weighted by molar-refractivity contribution is 5.69. The summed E-state index contributed by atoms with van der Waals surface area (Å²) in [4.78, 5) is 15.3. The number of rotatable bonds is 4. The minimum Gasteiger partial charge on any atom is -0.481 e. The van der Waals surface area contributed by atoms with Crippen LogP contribution in [0.1, 0.15) is 43.5 Å². The fourth-order valence-corrected chi connectivity index (χ4v) is 2.43. The van der Waals surface area contributed by atoms with E-state index >= 15 is 0 Å². The first-order valence-corrected chi connectivity index (χ1v) is 6.19. The molecule has 0 aromatic carbocycles. The Hall–Kier alpha value is -1.72. The van der Waals surface area contributed by atoms with E-state index in [9.17, 15) is 4.79 Å². The molecule has 1 aliphatic carbocycles. The molecule has 1 heterocycles. The first kappa shape index (κ1) is 12.7. The molecule has 0 aliphatic heterocycles. The van der Waals surface area contributed by atoms with E-state index in [0.717, 1.165) is 37.1 Å². The van der Waals surface area contributed by atoms with Crippen molar-refractivity contribution in [1.29, 1.82) is 0 Å². The quantitative estimate of drug-likeness (QED) is 0.845. The van der Waals surface area contributed by atoms with Crippen LogP contribution in [0.2, 0.25) is 0 Å². The first-order chi connectivity index (χ1) is 8.51. The Morgan fingerprint density at radius 3 is 2.50 bits per heavy atom. The van der Waals surface area contributed by atoms with Gasteiger partial charge >= 0.3 is 5.97 Å². The lowest BCUT2D eigenvalue weighted by atomic mass is 9.93. The Morgan fingerprint density at radius 1 is 1.28 bits per heavy atom. The van der Waals surface area contributed by atoms with Crippen LogP contribution in [0.5, 0.6) is 0 Å². The average Bonchev–Trinajstić information content (AvgIpc) is 2.71. The van der Waals surface area contributed by atoms with E-state index in [-0.39, 0.29) is 6.42 Å². The number of carboxylic acid groups (broad SMARTS) is 1. The van der Waals surface area contributed by atoms with E-state index in [1.165, 1.54) is 0 Å². The zero-order chi connectivity index (χ0) is 13.2. The lowest BCUT2D eigenvalue weighted by Gasteiger charge is -2.28. The second kappa shape index (κ2) is 4.88. The molecule has 18 heavy (non-hydrogen) atoms. The fraction of sp³-hybridized carbons (Fsp3) is 0.667. The minimum absolute atomic E-state index is 0.100. The van der Waals surface area contributed by atoms with E-state index in [1.54, 1.807) is 0 Å². The van der Waals surface area contributed by atoms with Gasteiger partial charge in [0.2, 0.25) is 5.95 Å². The molecule has 2 N–H and O–H groups in total. The third kappa shape index (κ3) is 2.75. The Morgan fingerprint density at radius 2 is 1.94 bits per heavy atom. The summed E-state index contributed by atoms with van der Waals surface area (Å²) >= 11 is 0. The maximum Gasteiger partial charge on any atom is 0.305 e. The van der Waals surface area contributed by atoms with E-state index in [1.807, 2.05) is 13.8 Å². The van der Waals surface area contributed by atoms with Crippen molar-refractivity contribution in [2.45, 2.75) is 51.5 Å². The molecule has 0 bridgehead atoms. The minimum atomic E-state index is -0.791. The van der Waals surface area contributed by atoms with Crippen molar-refractivity contribution in [3.8, 4) is 0 Å². The third-order valence-corrected chi connectivity index (χ3v) is 3.52. The number of hydrogen-bond donors (Lipinski definition) is 2. The van der Waals surface area contributed by atoms with Gasteiger partial charge in [-0.1, -0.05) is 12.8 Å². The van der Waals surface area contributed by atoms with Gasteiger partial charge < -0.3 is 10.4 Å². The molecule has 6 nitrogen and oxygen atoms in total. The molecule has 98 valence electrons. The number of carboxylic acids is 1. The summed E-state index contributed by atoms with van der Waals surface area (Å²) in [7, 11) is 0. The average molecular weight is 250 g/mol. The molecule has 1 saturated carbocycles. The van der Waals surface area contributed by atoms with Gasteiger partial charge in [0.15, 0.2) is 0 Å². The van der Waals surface area contributed by atoms with Crippen molar-refractivity contribution in [1.82, 2.24) is 15.2 Å². The van der Waals surface area contributed by atoms with Gasteiger partial charge in [-0.3, -0.25) is 4.79 Å². The molecule has 1 aliphatic rings. The van der Waals surface area contributed by atoms with Crippen LogP contribution in [-0.2, 0) is 4.79 Å². The molecule has 0 saturated heterocycles. The smallest absolute Gasteiger partial charge is 0.305 e. The molecule has 0 atom stereocenters. The number of aliphatic carboxylic acids is 1. The van der Waals surface area contributed by atoms with E-state index in [0.29, 0.717) is 5.95 Å². The van der Waals surface area contributed by atoms with Gasteiger partial charge in [-0.15, -0.1) is 5.10 Å². The van der Waals surface area contributed by atoms with Gasteiger partial charge in [-0.2, -0.15) is 5.10 Å². The van der Waals surface area contributed by atoms with Crippen LogP contribution in [-0.4, -0.2) is 31.8 Å². The highest BCUT2D eigenvalue weighted by Gasteiger charge is 2.36. The van der Waals surface area contributed by atoms with Crippen LogP contribution >= 0.6 is 0 Å². The van der Waals surface area contributed by atoms with E-state index in [4.69, 9.17) is 5.11 Å². The Kier molecular flexibility index (Phi) is 3.45. The van der Waals surface area contributed by atoms with Crippen molar-refractivity contribution < 1.29 is 9.90 Å². The number of nitrogens with zero attached hydrogens (tertiary/aromatic N) is 3. The number of nitrogens with one attached hydrogen (secondary N) is 1. The van der Waals surface area contributed by atoms with Crippen molar-refractivity contribution in [2.24, 2.45) is 0 Å². The van der Waals surface area contributed by atoms with Crippen molar-refractivity contribution in [2.75, 3.05) is 5.32 Å². The van der Waals surface area contributed by atoms with E-state index < -0.39 is 11.5 Å². The summed E-state index contributed by atoms with van der Waals surface area (Å²) < 4.78 is 0. The molecular formula is C12H18N4O2. The lowest BCUT2D eigenvalue weighted by molar-refractivity contribution is -0.138. The molecule has 1 aromatic heterocycles. The van der Waals surface area contributed by atoms with Gasteiger partial charge in [0.25, 0.3) is 0 Å². The Bertz CT molecular complexity index is 455. The lowest BCUT2D eigenvalue weighted by Crippen LogP contribution is -2.38. The molecule has 1 aromatic rings. The summed E-state index contributed by atoms with van der Waals surface area (Å²) in [5.74, 6) is -0.359. The van der Waals surface area contributed by atoms with Crippen LogP contribution in [0.3, 0.4) is 0 Å². The Balaban J connectivity index is 2.18. The van der Waals surface area contributed by atoms with Crippen molar-refractivity contribution in [3.05, 3.63) is 11.4 Å². The molecule has 6 heteroatoms. The van der Waals surface area contributed by atoms with Crippen LogP contribution in [0.25, 0.3) is 0 Å². The highest BCUT2D eigenvalue weighted by Crippen LogP contribution is 2.35. The monoisotopic (exact) mass is 250 g/mol. The molecular weight excluding hydrogens is 232 g/mol. The molecule has 0 unspecified atom stereocenters. The summed E-state index contributed by atoms with van der Waals surface area (Å²) in [6, 6.07) is 0. The summed E-state index contributed by atoms with van der Waals surface area (Å²) in [5, 5.41) is 20.2. The number of aryl methyl sites for hydroxylation is 2. The second-order valence-electron chi connectivity index (χ2n) is 4.99. The molecule has 2 rings (SSSR count). The van der Waals surface area contributed by atoms with Crippen LogP contribution < -0.4 is 5.32 Å². The van der Waals surface area contributed by atoms with Gasteiger partial charge in [0, 0.05) is 0 Å². The van der Waals surface area contributed by atoms with Gasteiger partial charge in [-0.25, -0.2) is 4.98 Å². The molecule has 1 fully saturated rings. The standard InChI is InChI=1S/C12H18N4O2/c1-8-9(2)15-16-11(13-8)14-12(7-10(17)18)5-3-4-6-12/h3-7H2,1-2H3,(H,17,18)(H,13,14,16). The largest absolute Gasteiger partial charge is 0.481 e. The van der Waals surface area contributed by atoms with Crippen LogP contribution in [0.4, 0.5) is 5.95 Å². The summed E-state index contributed by atoms with van der Waals surface area (Å²) in [5.41, 5.74) is 1.20. The zero-order valence-electron chi connectivity index (χ0n) is 10.7. The second-order valence-corrected chi connectivity index (χ2v) is 4.99. The highest BCUT2D eigenvalue weighted by atomic mass is 16.4. The maximum atomic E-state index is 11.0. The van der Waals surface area contributed by atoms with Crippen LogP contribution in [0, 0.1) is 13.8 Å². The fourth-order valence-electron chi connectivity index (χ4n) is 2.43. The summed E-state index contributed by atoms with van der Waals surface area (Å²) in [6.45, 7) is 3.72. The SMILES string of the molecule is Cc1nnc(NC2(CC(=O)O)CCCC2)nc1C. The predicted octanol–water partition coefficient (Wildman–Crippen LogP) is 1.69. The number of carbonyl (C=O) groups is 1. The number of anilines is 1. The van der Waals surface area contributed by atoms with Gasteiger partial charge in [-0.05, 0) is 26.7 Å². The molecule has 0 amide bonds. The number of aromatic nitrogens is 3. The zero-order valence-corrected chi connectivity index (χ0v) is 10.7. The predicted molar refractivity (Wildman–Crippen MR) is 66.4 cm³/mol. The normalized spacial score (nSPS) is 17.7. The van der Waals surface area contributed by atoms with Crippen molar-refractivity contribution in [3.63, 3.8) is 0 Å². The summed E-state index contributed by atoms with van der Waals surface area (Å²) in [6.07, 6.45) is 3.87. The van der Waals surface area contributed by atoms with E-state index in [2.05, 4.69) is 20.5 Å². The molecule has 0 radical (unpaired) electrons. The van der Waals surface area contributed by atoms with Crippen molar-refractivity contribution >= 4 is 11.9 Å². The van der Waals surface area contributed by atoms with Crippen LogP contribution in [0.15, 0.2) is 0 Å². The third-order valence-electron chi connectivity index (χ3n) is 3.52. The Labute approximate surface area is 106 Å². The molecule has 0 spiro atoms.